The second-order valence-electron chi connectivity index (χ2n) is 5.49. The predicted molar refractivity (Wildman–Crippen MR) is 77.4 cm³/mol. The van der Waals surface area contributed by atoms with Gasteiger partial charge < -0.3 is 15.1 Å². The number of phenolic OH excluding ortho intramolecular Hbond substituents is 1. The van der Waals surface area contributed by atoms with Crippen molar-refractivity contribution in [1.82, 2.24) is 4.90 Å². The summed E-state index contributed by atoms with van der Waals surface area (Å²) >= 11 is 0. The molecule has 2 rings (SSSR count). The molecule has 0 spiro atoms. The number of rotatable bonds is 5. The maximum atomic E-state index is 12.2. The van der Waals surface area contributed by atoms with Crippen LogP contribution in [-0.4, -0.2) is 40.7 Å². The Morgan fingerprint density at radius 2 is 2.15 bits per heavy atom. The van der Waals surface area contributed by atoms with Crippen molar-refractivity contribution in [3.63, 3.8) is 0 Å². The van der Waals surface area contributed by atoms with Crippen molar-refractivity contribution < 1.29 is 15.0 Å². The minimum Gasteiger partial charge on any atom is -0.508 e. The van der Waals surface area contributed by atoms with Gasteiger partial charge in [-0.05, 0) is 43.2 Å². The maximum absolute atomic E-state index is 12.2. The maximum Gasteiger partial charge on any atom is 0.222 e. The molecule has 1 fully saturated rings. The van der Waals surface area contributed by atoms with Crippen LogP contribution in [0.15, 0.2) is 24.3 Å². The van der Waals surface area contributed by atoms with E-state index in [0.717, 1.165) is 37.9 Å². The van der Waals surface area contributed by atoms with Gasteiger partial charge in [-0.1, -0.05) is 18.2 Å². The lowest BCUT2D eigenvalue weighted by molar-refractivity contribution is -0.133. The molecule has 4 heteroatoms. The van der Waals surface area contributed by atoms with Gasteiger partial charge in [0.2, 0.25) is 5.91 Å². The van der Waals surface area contributed by atoms with Gasteiger partial charge in [-0.3, -0.25) is 4.79 Å². The van der Waals surface area contributed by atoms with E-state index in [1.54, 1.807) is 12.1 Å². The van der Waals surface area contributed by atoms with Crippen LogP contribution in [0.25, 0.3) is 0 Å². The summed E-state index contributed by atoms with van der Waals surface area (Å²) in [6.45, 7) is 1.78. The number of aromatic hydroxyl groups is 1. The largest absolute Gasteiger partial charge is 0.508 e. The predicted octanol–water partition coefficient (Wildman–Crippen LogP) is 1.95. The molecule has 0 radical (unpaired) electrons. The molecule has 0 aromatic heterocycles. The Bertz CT molecular complexity index is 445. The number of hydrogen-bond acceptors (Lipinski definition) is 3. The summed E-state index contributed by atoms with van der Waals surface area (Å²) < 4.78 is 0. The molecule has 0 bridgehead atoms. The Hall–Kier alpha value is -1.55. The number of aliphatic hydroxyl groups excluding tert-OH is 1. The van der Waals surface area contributed by atoms with Crippen molar-refractivity contribution in [1.29, 1.82) is 0 Å². The number of likely N-dealkylation sites (tertiary alicyclic amines) is 1. The van der Waals surface area contributed by atoms with E-state index in [1.165, 1.54) is 0 Å². The van der Waals surface area contributed by atoms with Crippen LogP contribution < -0.4 is 0 Å². The van der Waals surface area contributed by atoms with Crippen molar-refractivity contribution in [2.24, 2.45) is 5.92 Å². The van der Waals surface area contributed by atoms with E-state index >= 15 is 0 Å². The Morgan fingerprint density at radius 3 is 2.90 bits per heavy atom. The molecule has 1 aromatic rings. The van der Waals surface area contributed by atoms with Gasteiger partial charge >= 0.3 is 0 Å². The molecule has 1 unspecified atom stereocenters. The van der Waals surface area contributed by atoms with Crippen LogP contribution in [0.2, 0.25) is 0 Å². The topological polar surface area (TPSA) is 60.8 Å². The van der Waals surface area contributed by atoms with Crippen molar-refractivity contribution in [3.05, 3.63) is 29.8 Å². The lowest BCUT2D eigenvalue weighted by Gasteiger charge is -2.32. The summed E-state index contributed by atoms with van der Waals surface area (Å²) in [5.74, 6) is 0.843. The van der Waals surface area contributed by atoms with Gasteiger partial charge in [-0.25, -0.2) is 0 Å². The number of aliphatic hydroxyl groups is 1. The van der Waals surface area contributed by atoms with Crippen LogP contribution in [-0.2, 0) is 11.2 Å². The van der Waals surface area contributed by atoms with Crippen molar-refractivity contribution in [2.45, 2.75) is 32.1 Å². The first-order valence-electron chi connectivity index (χ1n) is 7.36. The molecular weight excluding hydrogens is 254 g/mol. The molecule has 110 valence electrons. The van der Waals surface area contributed by atoms with Crippen LogP contribution in [0.3, 0.4) is 0 Å². The fourth-order valence-corrected chi connectivity index (χ4v) is 2.83. The highest BCUT2D eigenvalue weighted by atomic mass is 16.3. The molecule has 1 aromatic carbocycles. The van der Waals surface area contributed by atoms with E-state index in [9.17, 15) is 9.90 Å². The third kappa shape index (κ3) is 3.97. The van der Waals surface area contributed by atoms with Gasteiger partial charge in [0.05, 0.1) is 0 Å². The number of nitrogens with zero attached hydrogens (tertiary/aromatic N) is 1. The first-order chi connectivity index (χ1) is 9.70. The minimum atomic E-state index is 0.149. The molecule has 1 aliphatic rings. The van der Waals surface area contributed by atoms with E-state index in [-0.39, 0.29) is 18.3 Å². The molecule has 1 heterocycles. The molecule has 0 aliphatic carbocycles. The fourth-order valence-electron chi connectivity index (χ4n) is 2.83. The molecule has 1 aliphatic heterocycles. The highest BCUT2D eigenvalue weighted by molar-refractivity contribution is 5.76. The van der Waals surface area contributed by atoms with Gasteiger partial charge in [-0.15, -0.1) is 0 Å². The summed E-state index contributed by atoms with van der Waals surface area (Å²) in [6.07, 6.45) is 3.91. The van der Waals surface area contributed by atoms with Crippen molar-refractivity contribution in [3.8, 4) is 5.75 Å². The Labute approximate surface area is 120 Å². The minimum absolute atomic E-state index is 0.149. The zero-order chi connectivity index (χ0) is 14.4. The molecular formula is C16H23NO3. The van der Waals surface area contributed by atoms with E-state index < -0.39 is 0 Å². The van der Waals surface area contributed by atoms with Gasteiger partial charge in [-0.2, -0.15) is 0 Å². The Kier molecular flexibility index (Phi) is 5.41. The van der Waals surface area contributed by atoms with E-state index in [2.05, 4.69) is 0 Å². The standard InChI is InChI=1S/C16H23NO3/c18-11-9-13-4-3-10-17(12-13)16(20)8-7-14-5-1-2-6-15(14)19/h1-2,5-6,13,18-19H,3-4,7-12H2. The second-order valence-corrected chi connectivity index (χ2v) is 5.49. The normalized spacial score (nSPS) is 19.1. The van der Waals surface area contributed by atoms with Gasteiger partial charge in [0, 0.05) is 26.1 Å². The van der Waals surface area contributed by atoms with Crippen molar-refractivity contribution in [2.75, 3.05) is 19.7 Å². The number of aryl methyl sites for hydroxylation is 1. The average Bonchev–Trinajstić information content (AvgIpc) is 2.47. The summed E-state index contributed by atoms with van der Waals surface area (Å²) in [4.78, 5) is 14.1. The third-order valence-electron chi connectivity index (χ3n) is 4.01. The zero-order valence-electron chi connectivity index (χ0n) is 11.8. The molecule has 0 saturated carbocycles. The number of hydrogen-bond donors (Lipinski definition) is 2. The molecule has 1 atom stereocenters. The molecule has 1 saturated heterocycles. The number of piperidine rings is 1. The number of carbonyl (C=O) groups is 1. The van der Waals surface area contributed by atoms with Gasteiger partial charge in [0.1, 0.15) is 5.75 Å². The van der Waals surface area contributed by atoms with Crippen LogP contribution in [0, 0.1) is 5.92 Å². The van der Waals surface area contributed by atoms with Gasteiger partial charge in [0.15, 0.2) is 0 Å². The quantitative estimate of drug-likeness (QED) is 0.864. The van der Waals surface area contributed by atoms with Crippen molar-refractivity contribution >= 4 is 5.91 Å². The number of amides is 1. The molecule has 20 heavy (non-hydrogen) atoms. The van der Waals surface area contributed by atoms with Crippen LogP contribution in [0.5, 0.6) is 5.75 Å². The molecule has 2 N–H and O–H groups in total. The summed E-state index contributed by atoms with van der Waals surface area (Å²) in [6, 6.07) is 7.16. The summed E-state index contributed by atoms with van der Waals surface area (Å²) in [5, 5.41) is 18.7. The third-order valence-corrected chi connectivity index (χ3v) is 4.01. The van der Waals surface area contributed by atoms with Crippen LogP contribution in [0.1, 0.15) is 31.2 Å². The Morgan fingerprint density at radius 1 is 1.35 bits per heavy atom. The SMILES string of the molecule is O=C(CCc1ccccc1O)N1CCCC(CCO)C1. The average molecular weight is 277 g/mol. The molecule has 4 nitrogen and oxygen atoms in total. The monoisotopic (exact) mass is 277 g/mol. The molecule has 1 amide bonds. The Balaban J connectivity index is 1.84. The highest BCUT2D eigenvalue weighted by Gasteiger charge is 2.23. The first-order valence-corrected chi connectivity index (χ1v) is 7.36. The smallest absolute Gasteiger partial charge is 0.222 e. The lowest BCUT2D eigenvalue weighted by atomic mass is 9.95. The van der Waals surface area contributed by atoms with E-state index in [4.69, 9.17) is 5.11 Å². The van der Waals surface area contributed by atoms with Crippen LogP contribution >= 0.6 is 0 Å². The number of carbonyl (C=O) groups excluding carboxylic acids is 1. The van der Waals surface area contributed by atoms with Crippen LogP contribution in [0.4, 0.5) is 0 Å². The van der Waals surface area contributed by atoms with E-state index in [1.807, 2.05) is 17.0 Å². The number of phenols is 1. The highest BCUT2D eigenvalue weighted by Crippen LogP contribution is 2.21. The fraction of sp³-hybridized carbons (Fsp3) is 0.562. The summed E-state index contributed by atoms with van der Waals surface area (Å²) in [7, 11) is 0. The van der Waals surface area contributed by atoms with Gasteiger partial charge in [0.25, 0.3) is 0 Å². The zero-order valence-corrected chi connectivity index (χ0v) is 11.8. The van der Waals surface area contributed by atoms with E-state index in [0.29, 0.717) is 18.8 Å². The number of benzene rings is 1. The lowest BCUT2D eigenvalue weighted by Crippen LogP contribution is -2.40. The second kappa shape index (κ2) is 7.29. The summed E-state index contributed by atoms with van der Waals surface area (Å²) in [5.41, 5.74) is 0.824. The number of para-hydroxylation sites is 1. The first kappa shape index (κ1) is 14.9.